The maximum absolute atomic E-state index is 5.38. The lowest BCUT2D eigenvalue weighted by molar-refractivity contribution is 0.0342. The van der Waals surface area contributed by atoms with Crippen molar-refractivity contribution in [3.8, 4) is 0 Å². The number of nitrogens with zero attached hydrogens (tertiary/aromatic N) is 2. The topological polar surface area (TPSA) is 37.4 Å². The van der Waals surface area contributed by atoms with Crippen LogP contribution in [0.3, 0.4) is 0 Å². The second kappa shape index (κ2) is 7.72. The lowest BCUT2D eigenvalue weighted by Gasteiger charge is -2.26. The molecule has 0 aliphatic carbocycles. The predicted octanol–water partition coefficient (Wildman–Crippen LogP) is 3.29. The maximum Gasteiger partial charge on any atom is 0.126 e. The van der Waals surface area contributed by atoms with Crippen LogP contribution in [0.2, 0.25) is 0 Å². The fourth-order valence-electron chi connectivity index (χ4n) is 2.45. The van der Waals surface area contributed by atoms with Gasteiger partial charge in [0.15, 0.2) is 0 Å². The molecule has 2 aromatic rings. The molecule has 0 radical (unpaired) electrons. The zero-order chi connectivity index (χ0) is 15.2. The molecule has 0 unspecified atom stereocenters. The SMILES string of the molecule is Brc1ccc(NCc2ccc(CN3CCOCC3)cc2)nc1. The largest absolute Gasteiger partial charge is 0.379 e. The zero-order valence-corrected chi connectivity index (χ0v) is 14.1. The van der Waals surface area contributed by atoms with E-state index < -0.39 is 0 Å². The summed E-state index contributed by atoms with van der Waals surface area (Å²) in [5.74, 6) is 0.889. The molecule has 3 rings (SSSR count). The minimum atomic E-state index is 0.784. The van der Waals surface area contributed by atoms with Gasteiger partial charge in [-0.05, 0) is 39.2 Å². The molecular formula is C17H20BrN3O. The highest BCUT2D eigenvalue weighted by Crippen LogP contribution is 2.13. The summed E-state index contributed by atoms with van der Waals surface area (Å²) in [4.78, 5) is 6.74. The van der Waals surface area contributed by atoms with Gasteiger partial charge < -0.3 is 10.1 Å². The highest BCUT2D eigenvalue weighted by Gasteiger charge is 2.10. The number of rotatable bonds is 5. The maximum atomic E-state index is 5.38. The number of nitrogens with one attached hydrogen (secondary N) is 1. The van der Waals surface area contributed by atoms with E-state index >= 15 is 0 Å². The number of anilines is 1. The Kier molecular flexibility index (Phi) is 5.43. The van der Waals surface area contributed by atoms with E-state index in [1.54, 1.807) is 6.20 Å². The average molecular weight is 362 g/mol. The molecule has 1 saturated heterocycles. The highest BCUT2D eigenvalue weighted by atomic mass is 79.9. The third-order valence-corrected chi connectivity index (χ3v) is 4.20. The average Bonchev–Trinajstić information content (AvgIpc) is 2.57. The van der Waals surface area contributed by atoms with E-state index in [1.165, 1.54) is 11.1 Å². The van der Waals surface area contributed by atoms with Gasteiger partial charge in [-0.2, -0.15) is 0 Å². The third-order valence-electron chi connectivity index (χ3n) is 3.73. The van der Waals surface area contributed by atoms with Crippen LogP contribution >= 0.6 is 15.9 Å². The summed E-state index contributed by atoms with van der Waals surface area (Å²) in [7, 11) is 0. The second-order valence-corrected chi connectivity index (χ2v) is 6.34. The van der Waals surface area contributed by atoms with Gasteiger partial charge in [0, 0.05) is 36.8 Å². The number of halogens is 1. The lowest BCUT2D eigenvalue weighted by Crippen LogP contribution is -2.35. The molecule has 5 heteroatoms. The Morgan fingerprint density at radius 3 is 2.45 bits per heavy atom. The molecule has 4 nitrogen and oxygen atoms in total. The number of hydrogen-bond donors (Lipinski definition) is 1. The van der Waals surface area contributed by atoms with Gasteiger partial charge in [0.05, 0.1) is 13.2 Å². The van der Waals surface area contributed by atoms with Crippen molar-refractivity contribution < 1.29 is 4.74 Å². The van der Waals surface area contributed by atoms with Crippen LogP contribution in [0.25, 0.3) is 0 Å². The van der Waals surface area contributed by atoms with Crippen molar-refractivity contribution in [2.45, 2.75) is 13.1 Å². The molecule has 0 saturated carbocycles. The third kappa shape index (κ3) is 4.53. The summed E-state index contributed by atoms with van der Waals surface area (Å²) in [6.45, 7) is 5.54. The number of pyridine rings is 1. The van der Waals surface area contributed by atoms with Crippen LogP contribution in [0.1, 0.15) is 11.1 Å². The van der Waals surface area contributed by atoms with E-state index in [2.05, 4.69) is 55.4 Å². The Morgan fingerprint density at radius 2 is 1.77 bits per heavy atom. The summed E-state index contributed by atoms with van der Waals surface area (Å²) in [6, 6.07) is 12.7. The minimum Gasteiger partial charge on any atom is -0.379 e. The predicted molar refractivity (Wildman–Crippen MR) is 91.8 cm³/mol. The van der Waals surface area contributed by atoms with Gasteiger partial charge in [0.1, 0.15) is 5.82 Å². The van der Waals surface area contributed by atoms with Crippen LogP contribution in [-0.4, -0.2) is 36.2 Å². The van der Waals surface area contributed by atoms with Gasteiger partial charge in [-0.3, -0.25) is 4.90 Å². The molecule has 116 valence electrons. The van der Waals surface area contributed by atoms with E-state index in [4.69, 9.17) is 4.74 Å². The van der Waals surface area contributed by atoms with E-state index in [1.807, 2.05) is 12.1 Å². The van der Waals surface area contributed by atoms with Crippen molar-refractivity contribution in [3.05, 3.63) is 58.2 Å². The lowest BCUT2D eigenvalue weighted by atomic mass is 10.1. The zero-order valence-electron chi connectivity index (χ0n) is 12.5. The van der Waals surface area contributed by atoms with Gasteiger partial charge in [-0.15, -0.1) is 0 Å². The molecule has 2 heterocycles. The minimum absolute atomic E-state index is 0.784. The van der Waals surface area contributed by atoms with Crippen LogP contribution < -0.4 is 5.32 Å². The molecule has 1 fully saturated rings. The first-order valence-corrected chi connectivity index (χ1v) is 8.32. The van der Waals surface area contributed by atoms with Gasteiger partial charge >= 0.3 is 0 Å². The second-order valence-electron chi connectivity index (χ2n) is 5.42. The van der Waals surface area contributed by atoms with Crippen LogP contribution in [0.5, 0.6) is 0 Å². The summed E-state index contributed by atoms with van der Waals surface area (Å²) >= 11 is 3.39. The van der Waals surface area contributed by atoms with E-state index in [-0.39, 0.29) is 0 Å². The molecule has 22 heavy (non-hydrogen) atoms. The normalized spacial score (nSPS) is 15.7. The molecule has 0 bridgehead atoms. The summed E-state index contributed by atoms with van der Waals surface area (Å²) in [6.07, 6.45) is 1.80. The monoisotopic (exact) mass is 361 g/mol. The molecule has 1 aromatic carbocycles. The fraction of sp³-hybridized carbons (Fsp3) is 0.353. The number of benzene rings is 1. The Bertz CT molecular complexity index is 580. The highest BCUT2D eigenvalue weighted by molar-refractivity contribution is 9.10. The van der Waals surface area contributed by atoms with Crippen LogP contribution in [0.15, 0.2) is 47.1 Å². The quantitative estimate of drug-likeness (QED) is 0.886. The molecule has 0 spiro atoms. The Morgan fingerprint density at radius 1 is 1.05 bits per heavy atom. The van der Waals surface area contributed by atoms with E-state index in [0.717, 1.165) is 49.7 Å². The molecule has 1 aliphatic rings. The first kappa shape index (κ1) is 15.5. The summed E-state index contributed by atoms with van der Waals surface area (Å²) in [5.41, 5.74) is 2.61. The number of aromatic nitrogens is 1. The summed E-state index contributed by atoms with van der Waals surface area (Å²) < 4.78 is 6.37. The van der Waals surface area contributed by atoms with Gasteiger partial charge in [0.25, 0.3) is 0 Å². The van der Waals surface area contributed by atoms with Crippen molar-refractivity contribution in [1.29, 1.82) is 0 Å². The van der Waals surface area contributed by atoms with Crippen LogP contribution in [0.4, 0.5) is 5.82 Å². The van der Waals surface area contributed by atoms with Gasteiger partial charge in [-0.1, -0.05) is 24.3 Å². The summed E-state index contributed by atoms with van der Waals surface area (Å²) in [5, 5.41) is 3.33. The molecule has 0 atom stereocenters. The van der Waals surface area contributed by atoms with E-state index in [0.29, 0.717) is 0 Å². The van der Waals surface area contributed by atoms with Crippen molar-refractivity contribution in [3.63, 3.8) is 0 Å². The van der Waals surface area contributed by atoms with Crippen molar-refractivity contribution in [2.75, 3.05) is 31.6 Å². The number of ether oxygens (including phenoxy) is 1. The fourth-order valence-corrected chi connectivity index (χ4v) is 2.69. The van der Waals surface area contributed by atoms with Crippen LogP contribution in [0, 0.1) is 0 Å². The first-order valence-electron chi connectivity index (χ1n) is 7.53. The first-order chi connectivity index (χ1) is 10.8. The van der Waals surface area contributed by atoms with Crippen LogP contribution in [-0.2, 0) is 17.8 Å². The Labute approximate surface area is 139 Å². The molecule has 1 N–H and O–H groups in total. The van der Waals surface area contributed by atoms with E-state index in [9.17, 15) is 0 Å². The Balaban J connectivity index is 1.51. The molecular weight excluding hydrogens is 342 g/mol. The smallest absolute Gasteiger partial charge is 0.126 e. The van der Waals surface area contributed by atoms with Crippen molar-refractivity contribution in [2.24, 2.45) is 0 Å². The van der Waals surface area contributed by atoms with Gasteiger partial charge in [-0.25, -0.2) is 4.98 Å². The Hall–Kier alpha value is -1.43. The van der Waals surface area contributed by atoms with Crippen molar-refractivity contribution in [1.82, 2.24) is 9.88 Å². The van der Waals surface area contributed by atoms with Gasteiger partial charge in [0.2, 0.25) is 0 Å². The number of hydrogen-bond acceptors (Lipinski definition) is 4. The standard InChI is InChI=1S/C17H20BrN3O/c18-16-5-6-17(20-12-16)19-11-14-1-3-15(4-2-14)13-21-7-9-22-10-8-21/h1-6,12H,7-11,13H2,(H,19,20). The molecule has 1 aliphatic heterocycles. The number of morpholine rings is 1. The molecule has 0 amide bonds. The molecule has 1 aromatic heterocycles. The van der Waals surface area contributed by atoms with Crippen molar-refractivity contribution >= 4 is 21.7 Å².